The van der Waals surface area contributed by atoms with Gasteiger partial charge >= 0.3 is 0 Å². The summed E-state index contributed by atoms with van der Waals surface area (Å²) in [6.45, 7) is 4.02. The highest BCUT2D eigenvalue weighted by Gasteiger charge is 2.18. The van der Waals surface area contributed by atoms with E-state index in [9.17, 15) is 9.59 Å². The average molecular weight is 262 g/mol. The first-order valence-corrected chi connectivity index (χ1v) is 6.58. The van der Waals surface area contributed by atoms with Gasteiger partial charge in [0.25, 0.3) is 0 Å². The van der Waals surface area contributed by atoms with Crippen LogP contribution in [0.5, 0.6) is 0 Å². The van der Waals surface area contributed by atoms with Crippen molar-refractivity contribution in [2.45, 2.75) is 38.8 Å². The standard InChI is InChI=1S/C15H22N2O2/c1-11(2)8-14(16)15(19)17-13(10-18)9-12-6-4-3-5-7-12/h3-7,10-11,13-14H,8-9,16H2,1-2H3,(H,17,19)/t13-,14?/m0/s1. The van der Waals surface area contributed by atoms with Crippen LogP contribution >= 0.6 is 0 Å². The van der Waals surface area contributed by atoms with Crippen molar-refractivity contribution in [3.63, 3.8) is 0 Å². The predicted octanol–water partition coefficient (Wildman–Crippen LogP) is 1.29. The van der Waals surface area contributed by atoms with Gasteiger partial charge in [-0.15, -0.1) is 0 Å². The summed E-state index contributed by atoms with van der Waals surface area (Å²) in [7, 11) is 0. The molecule has 104 valence electrons. The highest BCUT2D eigenvalue weighted by atomic mass is 16.2. The SMILES string of the molecule is CC(C)CC(N)C(=O)N[C@H](C=O)Cc1ccccc1. The molecule has 1 amide bonds. The number of hydrogen-bond donors (Lipinski definition) is 2. The summed E-state index contributed by atoms with van der Waals surface area (Å²) in [5.41, 5.74) is 6.80. The lowest BCUT2D eigenvalue weighted by Crippen LogP contribution is -2.47. The Labute approximate surface area is 114 Å². The number of carbonyl (C=O) groups excluding carboxylic acids is 2. The molecule has 1 unspecified atom stereocenters. The molecular weight excluding hydrogens is 240 g/mol. The molecule has 0 bridgehead atoms. The van der Waals surface area contributed by atoms with Gasteiger partial charge in [0.2, 0.25) is 5.91 Å². The van der Waals surface area contributed by atoms with E-state index < -0.39 is 12.1 Å². The van der Waals surface area contributed by atoms with E-state index in [1.54, 1.807) is 0 Å². The molecule has 0 heterocycles. The number of amides is 1. The highest BCUT2D eigenvalue weighted by molar-refractivity contribution is 5.84. The Hall–Kier alpha value is -1.68. The van der Waals surface area contributed by atoms with Crippen molar-refractivity contribution in [3.05, 3.63) is 35.9 Å². The molecule has 0 spiro atoms. The van der Waals surface area contributed by atoms with Crippen LogP contribution in [-0.4, -0.2) is 24.3 Å². The Morgan fingerprint density at radius 3 is 2.47 bits per heavy atom. The zero-order chi connectivity index (χ0) is 14.3. The molecule has 0 aromatic heterocycles. The maximum Gasteiger partial charge on any atom is 0.237 e. The zero-order valence-electron chi connectivity index (χ0n) is 11.5. The van der Waals surface area contributed by atoms with Crippen molar-refractivity contribution in [1.82, 2.24) is 5.32 Å². The number of nitrogens with two attached hydrogens (primary N) is 1. The van der Waals surface area contributed by atoms with E-state index in [4.69, 9.17) is 5.73 Å². The first-order chi connectivity index (χ1) is 9.02. The first kappa shape index (κ1) is 15.4. The normalized spacial score (nSPS) is 13.9. The van der Waals surface area contributed by atoms with E-state index in [-0.39, 0.29) is 5.91 Å². The van der Waals surface area contributed by atoms with Crippen molar-refractivity contribution in [2.24, 2.45) is 11.7 Å². The molecule has 1 aromatic carbocycles. The Morgan fingerprint density at radius 1 is 1.32 bits per heavy atom. The Morgan fingerprint density at radius 2 is 1.95 bits per heavy atom. The van der Waals surface area contributed by atoms with Crippen LogP contribution in [0.1, 0.15) is 25.8 Å². The topological polar surface area (TPSA) is 72.2 Å². The minimum absolute atomic E-state index is 0.262. The molecule has 4 nitrogen and oxygen atoms in total. The Kier molecular flexibility index (Phi) is 6.22. The molecule has 1 rings (SSSR count). The van der Waals surface area contributed by atoms with Gasteiger partial charge in [0.15, 0.2) is 0 Å². The molecule has 19 heavy (non-hydrogen) atoms. The third-order valence-electron chi connectivity index (χ3n) is 2.85. The number of rotatable bonds is 7. The second-order valence-electron chi connectivity index (χ2n) is 5.18. The van der Waals surface area contributed by atoms with Gasteiger partial charge in [-0.3, -0.25) is 4.79 Å². The molecule has 1 aromatic rings. The van der Waals surface area contributed by atoms with E-state index in [1.165, 1.54) is 0 Å². The van der Waals surface area contributed by atoms with Crippen LogP contribution in [0.3, 0.4) is 0 Å². The number of aldehydes is 1. The molecule has 2 atom stereocenters. The summed E-state index contributed by atoms with van der Waals surface area (Å²) >= 11 is 0. The molecule has 0 saturated heterocycles. The maximum atomic E-state index is 11.8. The lowest BCUT2D eigenvalue weighted by molar-refractivity contribution is -0.125. The van der Waals surface area contributed by atoms with E-state index in [0.717, 1.165) is 11.8 Å². The van der Waals surface area contributed by atoms with Crippen molar-refractivity contribution >= 4 is 12.2 Å². The number of carbonyl (C=O) groups is 2. The predicted molar refractivity (Wildman–Crippen MR) is 75.6 cm³/mol. The summed E-state index contributed by atoms with van der Waals surface area (Å²) < 4.78 is 0. The quantitative estimate of drug-likeness (QED) is 0.727. The molecule has 3 N–H and O–H groups in total. The van der Waals surface area contributed by atoms with Crippen LogP contribution in [0, 0.1) is 5.92 Å². The summed E-state index contributed by atoms with van der Waals surface area (Å²) in [4.78, 5) is 22.9. The van der Waals surface area contributed by atoms with Gasteiger partial charge < -0.3 is 15.8 Å². The number of benzene rings is 1. The van der Waals surface area contributed by atoms with Gasteiger partial charge in [0, 0.05) is 0 Å². The molecule has 0 radical (unpaired) electrons. The van der Waals surface area contributed by atoms with Crippen LogP contribution < -0.4 is 11.1 Å². The minimum atomic E-state index is -0.557. The van der Waals surface area contributed by atoms with E-state index in [1.807, 2.05) is 44.2 Å². The average Bonchev–Trinajstić information content (AvgIpc) is 2.38. The lowest BCUT2D eigenvalue weighted by atomic mass is 10.0. The Balaban J connectivity index is 2.52. The fourth-order valence-electron chi connectivity index (χ4n) is 1.91. The minimum Gasteiger partial charge on any atom is -0.345 e. The third-order valence-corrected chi connectivity index (χ3v) is 2.85. The molecule has 0 aliphatic heterocycles. The molecule has 0 aliphatic rings. The van der Waals surface area contributed by atoms with Crippen molar-refractivity contribution in [3.8, 4) is 0 Å². The lowest BCUT2D eigenvalue weighted by Gasteiger charge is -2.18. The molecule has 4 heteroatoms. The van der Waals surface area contributed by atoms with Crippen LogP contribution in [0.15, 0.2) is 30.3 Å². The van der Waals surface area contributed by atoms with E-state index in [2.05, 4.69) is 5.32 Å². The first-order valence-electron chi connectivity index (χ1n) is 6.58. The largest absolute Gasteiger partial charge is 0.345 e. The molecule has 0 saturated carbocycles. The van der Waals surface area contributed by atoms with Gasteiger partial charge in [-0.25, -0.2) is 0 Å². The van der Waals surface area contributed by atoms with Crippen molar-refractivity contribution < 1.29 is 9.59 Å². The van der Waals surface area contributed by atoms with Crippen LogP contribution in [0.25, 0.3) is 0 Å². The fourth-order valence-corrected chi connectivity index (χ4v) is 1.91. The van der Waals surface area contributed by atoms with Crippen molar-refractivity contribution in [2.75, 3.05) is 0 Å². The van der Waals surface area contributed by atoms with Crippen LogP contribution in [0.2, 0.25) is 0 Å². The van der Waals surface area contributed by atoms with Crippen LogP contribution in [0.4, 0.5) is 0 Å². The van der Waals surface area contributed by atoms with Gasteiger partial charge in [0.05, 0.1) is 12.1 Å². The number of hydrogen-bond acceptors (Lipinski definition) is 3. The van der Waals surface area contributed by atoms with E-state index >= 15 is 0 Å². The second kappa shape index (κ2) is 7.69. The van der Waals surface area contributed by atoms with Gasteiger partial charge in [0.1, 0.15) is 6.29 Å². The smallest absolute Gasteiger partial charge is 0.237 e. The van der Waals surface area contributed by atoms with Crippen LogP contribution in [-0.2, 0) is 16.0 Å². The third kappa shape index (κ3) is 5.66. The maximum absolute atomic E-state index is 11.8. The summed E-state index contributed by atoms with van der Waals surface area (Å²) in [6, 6.07) is 8.50. The second-order valence-corrected chi connectivity index (χ2v) is 5.18. The van der Waals surface area contributed by atoms with Gasteiger partial charge in [-0.05, 0) is 24.3 Å². The molecule has 0 aliphatic carbocycles. The summed E-state index contributed by atoms with van der Waals surface area (Å²) in [5.74, 6) is 0.0892. The Bertz CT molecular complexity index is 404. The zero-order valence-corrected chi connectivity index (χ0v) is 11.5. The van der Waals surface area contributed by atoms with Crippen molar-refractivity contribution in [1.29, 1.82) is 0 Å². The van der Waals surface area contributed by atoms with Gasteiger partial charge in [-0.2, -0.15) is 0 Å². The molecular formula is C15H22N2O2. The van der Waals surface area contributed by atoms with E-state index in [0.29, 0.717) is 18.8 Å². The van der Waals surface area contributed by atoms with Gasteiger partial charge in [-0.1, -0.05) is 44.2 Å². The fraction of sp³-hybridized carbons (Fsp3) is 0.467. The summed E-state index contributed by atoms with van der Waals surface area (Å²) in [5, 5.41) is 2.69. The highest BCUT2D eigenvalue weighted by Crippen LogP contribution is 2.05. The monoisotopic (exact) mass is 262 g/mol. The number of nitrogens with one attached hydrogen (secondary N) is 1. The molecule has 0 fully saturated rings. The summed E-state index contributed by atoms with van der Waals surface area (Å²) in [6.07, 6.45) is 1.86.